The highest BCUT2D eigenvalue weighted by molar-refractivity contribution is 5.96. The Morgan fingerprint density at radius 1 is 1.24 bits per heavy atom. The van der Waals surface area contributed by atoms with Gasteiger partial charge in [-0.25, -0.2) is 4.79 Å². The van der Waals surface area contributed by atoms with Crippen molar-refractivity contribution in [3.8, 4) is 5.75 Å². The van der Waals surface area contributed by atoms with Gasteiger partial charge in [0.15, 0.2) is 5.69 Å². The van der Waals surface area contributed by atoms with Crippen LogP contribution in [0.5, 0.6) is 5.75 Å². The van der Waals surface area contributed by atoms with E-state index in [-0.39, 0.29) is 30.2 Å². The van der Waals surface area contributed by atoms with Crippen molar-refractivity contribution in [2.75, 3.05) is 17.2 Å². The van der Waals surface area contributed by atoms with Gasteiger partial charge in [-0.15, -0.1) is 0 Å². The number of rotatable bonds is 9. The predicted octanol–water partition coefficient (Wildman–Crippen LogP) is 2.12. The van der Waals surface area contributed by atoms with Crippen LogP contribution in [-0.4, -0.2) is 28.6 Å². The van der Waals surface area contributed by atoms with Gasteiger partial charge in [0.05, 0.1) is 6.42 Å². The number of amides is 1. The average molecular weight is 410 g/mol. The lowest BCUT2D eigenvalue weighted by molar-refractivity contribution is -0.118. The second kappa shape index (κ2) is 9.85. The molecule has 1 aromatic heterocycles. The van der Waals surface area contributed by atoms with E-state index in [1.54, 1.807) is 6.92 Å². The summed E-state index contributed by atoms with van der Waals surface area (Å²) in [7, 11) is 0. The number of nitrogens with two attached hydrogens (primary N) is 1. The number of aromatic nitrogens is 2. The molecule has 1 heterocycles. The van der Waals surface area contributed by atoms with E-state index in [9.17, 15) is 23.2 Å². The van der Waals surface area contributed by atoms with Crippen molar-refractivity contribution in [1.82, 2.24) is 9.55 Å². The fraction of sp³-hybridized carbons (Fsp3) is 0.421. The first kappa shape index (κ1) is 22.1. The summed E-state index contributed by atoms with van der Waals surface area (Å²) < 4.78 is 30.0. The molecule has 0 saturated heterocycles. The van der Waals surface area contributed by atoms with E-state index < -0.39 is 23.8 Å². The summed E-state index contributed by atoms with van der Waals surface area (Å²) >= 11 is 0. The first-order valence-electron chi connectivity index (χ1n) is 9.25. The SMILES string of the molecule is CCCCn1c(N)c(N(CC)C(=O)Cc2ccc(OC(F)F)cc2)c(=O)[nH]c1=O. The van der Waals surface area contributed by atoms with E-state index in [2.05, 4.69) is 9.72 Å². The average Bonchev–Trinajstić information content (AvgIpc) is 2.66. The molecular weight excluding hydrogens is 386 g/mol. The number of alkyl halides is 2. The molecule has 158 valence electrons. The van der Waals surface area contributed by atoms with Crippen molar-refractivity contribution in [2.45, 2.75) is 46.3 Å². The number of anilines is 2. The number of carbonyl (C=O) groups is 1. The van der Waals surface area contributed by atoms with Crippen molar-refractivity contribution in [2.24, 2.45) is 0 Å². The molecule has 8 nitrogen and oxygen atoms in total. The van der Waals surface area contributed by atoms with Crippen LogP contribution in [0.25, 0.3) is 0 Å². The van der Waals surface area contributed by atoms with Crippen LogP contribution < -0.4 is 26.6 Å². The molecule has 0 radical (unpaired) electrons. The molecule has 0 fully saturated rings. The van der Waals surface area contributed by atoms with Crippen LogP contribution in [0, 0.1) is 0 Å². The first-order valence-corrected chi connectivity index (χ1v) is 9.25. The van der Waals surface area contributed by atoms with E-state index >= 15 is 0 Å². The van der Waals surface area contributed by atoms with Crippen LogP contribution in [0.2, 0.25) is 0 Å². The monoisotopic (exact) mass is 410 g/mol. The number of hydrogen-bond donors (Lipinski definition) is 2. The minimum absolute atomic E-state index is 0.0211. The second-order valence-corrected chi connectivity index (χ2v) is 6.34. The van der Waals surface area contributed by atoms with Crippen molar-refractivity contribution in [1.29, 1.82) is 0 Å². The van der Waals surface area contributed by atoms with Crippen molar-refractivity contribution >= 4 is 17.4 Å². The summed E-state index contributed by atoms with van der Waals surface area (Å²) in [5.41, 5.74) is 5.17. The van der Waals surface area contributed by atoms with Gasteiger partial charge < -0.3 is 15.4 Å². The number of aromatic amines is 1. The van der Waals surface area contributed by atoms with E-state index in [1.807, 2.05) is 6.92 Å². The Balaban J connectivity index is 2.29. The Hall–Kier alpha value is -3.17. The Morgan fingerprint density at radius 2 is 1.90 bits per heavy atom. The van der Waals surface area contributed by atoms with Gasteiger partial charge in [0.2, 0.25) is 5.91 Å². The fourth-order valence-electron chi connectivity index (χ4n) is 2.89. The highest BCUT2D eigenvalue weighted by Crippen LogP contribution is 2.20. The van der Waals surface area contributed by atoms with Crippen LogP contribution in [0.15, 0.2) is 33.9 Å². The molecule has 0 saturated carbocycles. The maximum atomic E-state index is 12.8. The number of carbonyl (C=O) groups excluding carboxylic acids is 1. The van der Waals surface area contributed by atoms with Crippen LogP contribution in [0.4, 0.5) is 20.3 Å². The van der Waals surface area contributed by atoms with Gasteiger partial charge >= 0.3 is 12.3 Å². The van der Waals surface area contributed by atoms with Crippen molar-refractivity contribution < 1.29 is 18.3 Å². The topological polar surface area (TPSA) is 110 Å². The molecule has 0 aliphatic heterocycles. The van der Waals surface area contributed by atoms with Crippen molar-refractivity contribution in [3.63, 3.8) is 0 Å². The summed E-state index contributed by atoms with van der Waals surface area (Å²) in [5.74, 6) is -0.511. The number of nitrogen functional groups attached to an aromatic ring is 1. The maximum Gasteiger partial charge on any atom is 0.387 e. The number of hydrogen-bond acceptors (Lipinski definition) is 5. The van der Waals surface area contributed by atoms with Gasteiger partial charge in [-0.1, -0.05) is 25.5 Å². The smallest absolute Gasteiger partial charge is 0.387 e. The lowest BCUT2D eigenvalue weighted by Gasteiger charge is -2.23. The highest BCUT2D eigenvalue weighted by Gasteiger charge is 2.23. The molecule has 0 atom stereocenters. The molecule has 2 rings (SSSR count). The first-order chi connectivity index (χ1) is 13.8. The minimum Gasteiger partial charge on any atom is -0.435 e. The largest absolute Gasteiger partial charge is 0.435 e. The zero-order valence-corrected chi connectivity index (χ0v) is 16.3. The zero-order chi connectivity index (χ0) is 21.6. The zero-order valence-electron chi connectivity index (χ0n) is 16.3. The quantitative estimate of drug-likeness (QED) is 0.658. The summed E-state index contributed by atoms with van der Waals surface area (Å²) in [4.78, 5) is 40.6. The van der Waals surface area contributed by atoms with Crippen molar-refractivity contribution in [3.05, 3.63) is 50.7 Å². The van der Waals surface area contributed by atoms with Gasteiger partial charge in [-0.3, -0.25) is 19.1 Å². The highest BCUT2D eigenvalue weighted by atomic mass is 19.3. The van der Waals surface area contributed by atoms with E-state index in [0.717, 1.165) is 6.42 Å². The lowest BCUT2D eigenvalue weighted by Crippen LogP contribution is -2.41. The third-order valence-electron chi connectivity index (χ3n) is 4.34. The number of ether oxygens (including phenoxy) is 1. The van der Waals surface area contributed by atoms with E-state index in [0.29, 0.717) is 18.5 Å². The van der Waals surface area contributed by atoms with Crippen LogP contribution in [0.3, 0.4) is 0 Å². The Kier molecular flexibility index (Phi) is 7.52. The Bertz CT molecular complexity index is 954. The number of likely N-dealkylation sites (N-methyl/N-ethyl adjacent to an activating group) is 1. The standard InChI is InChI=1S/C19H24F2N4O4/c1-3-5-10-25-16(22)15(17(27)23-19(25)28)24(4-2)14(26)11-12-6-8-13(9-7-12)29-18(20)21/h6-9,18H,3-5,10-11,22H2,1-2H3,(H,23,27,28). The molecular formula is C19H24F2N4O4. The number of H-pyrrole nitrogens is 1. The van der Waals surface area contributed by atoms with Gasteiger partial charge in [0.1, 0.15) is 11.6 Å². The predicted molar refractivity (Wildman–Crippen MR) is 105 cm³/mol. The third kappa shape index (κ3) is 5.43. The molecule has 0 unspecified atom stereocenters. The maximum absolute atomic E-state index is 12.8. The number of halogens is 2. The van der Waals surface area contributed by atoms with Gasteiger partial charge in [0.25, 0.3) is 5.56 Å². The third-order valence-corrected chi connectivity index (χ3v) is 4.34. The van der Waals surface area contributed by atoms with Gasteiger partial charge in [-0.2, -0.15) is 8.78 Å². The lowest BCUT2D eigenvalue weighted by atomic mass is 10.1. The molecule has 0 spiro atoms. The fourth-order valence-corrected chi connectivity index (χ4v) is 2.89. The molecule has 2 aromatic rings. The minimum atomic E-state index is -2.93. The summed E-state index contributed by atoms with van der Waals surface area (Å²) in [6.45, 7) is 1.18. The normalized spacial score (nSPS) is 10.9. The molecule has 10 heteroatoms. The molecule has 0 aliphatic carbocycles. The van der Waals surface area contributed by atoms with E-state index in [4.69, 9.17) is 5.73 Å². The summed E-state index contributed by atoms with van der Waals surface area (Å²) in [6.07, 6.45) is 1.42. The Morgan fingerprint density at radius 3 is 2.45 bits per heavy atom. The Labute approximate surface area is 165 Å². The van der Waals surface area contributed by atoms with E-state index in [1.165, 1.54) is 33.7 Å². The molecule has 3 N–H and O–H groups in total. The summed E-state index contributed by atoms with van der Waals surface area (Å²) in [5, 5.41) is 0. The summed E-state index contributed by atoms with van der Waals surface area (Å²) in [6, 6.07) is 5.63. The molecule has 0 aliphatic rings. The molecule has 1 amide bonds. The van der Waals surface area contributed by atoms with Crippen LogP contribution >= 0.6 is 0 Å². The second-order valence-electron chi connectivity index (χ2n) is 6.34. The number of benzene rings is 1. The molecule has 29 heavy (non-hydrogen) atoms. The van der Waals surface area contributed by atoms with Gasteiger partial charge in [-0.05, 0) is 31.0 Å². The number of unbranched alkanes of at least 4 members (excludes halogenated alkanes) is 1. The van der Waals surface area contributed by atoms with Crippen LogP contribution in [-0.2, 0) is 17.8 Å². The molecule has 0 bridgehead atoms. The van der Waals surface area contributed by atoms with Crippen LogP contribution in [0.1, 0.15) is 32.3 Å². The molecule has 1 aromatic carbocycles. The van der Waals surface area contributed by atoms with Gasteiger partial charge in [0, 0.05) is 13.1 Å². The number of nitrogens with one attached hydrogen (secondary N) is 1. The number of nitrogens with zero attached hydrogens (tertiary/aromatic N) is 2.